The van der Waals surface area contributed by atoms with Crippen LogP contribution in [0.3, 0.4) is 0 Å². The minimum absolute atomic E-state index is 0.0196. The normalized spacial score (nSPS) is 12.2. The molecule has 0 spiro atoms. The number of hydrogen-bond acceptors (Lipinski definition) is 4. The number of halogens is 2. The zero-order valence-corrected chi connectivity index (χ0v) is 11.6. The Labute approximate surface area is 117 Å². The smallest absolute Gasteiger partial charge is 0.387 e. The third-order valence-corrected chi connectivity index (χ3v) is 2.82. The molecule has 0 aliphatic carbocycles. The van der Waals surface area contributed by atoms with E-state index in [-0.39, 0.29) is 17.8 Å². The molecule has 0 aliphatic rings. The third kappa shape index (κ3) is 5.97. The molecule has 0 saturated heterocycles. The molecule has 0 fully saturated rings. The summed E-state index contributed by atoms with van der Waals surface area (Å²) in [5, 5.41) is 3.21. The molecule has 1 unspecified atom stereocenters. The lowest BCUT2D eigenvalue weighted by Gasteiger charge is -2.15. The van der Waals surface area contributed by atoms with Crippen LogP contribution < -0.4 is 10.1 Å². The van der Waals surface area contributed by atoms with Gasteiger partial charge in [-0.15, -0.1) is 0 Å². The molecule has 0 radical (unpaired) electrons. The quantitative estimate of drug-likeness (QED) is 0.590. The number of nitrogens with one attached hydrogen (secondary N) is 1. The summed E-state index contributed by atoms with van der Waals surface area (Å²) >= 11 is 0. The van der Waals surface area contributed by atoms with Gasteiger partial charge in [0.25, 0.3) is 0 Å². The Morgan fingerprint density at radius 1 is 1.40 bits per heavy atom. The van der Waals surface area contributed by atoms with Gasteiger partial charge in [0.1, 0.15) is 5.75 Å². The van der Waals surface area contributed by atoms with Gasteiger partial charge in [-0.1, -0.05) is 12.1 Å². The van der Waals surface area contributed by atoms with Gasteiger partial charge in [0, 0.05) is 12.5 Å². The number of hydrogen-bond donors (Lipinski definition) is 1. The molecule has 1 atom stereocenters. The minimum Gasteiger partial charge on any atom is -0.469 e. The van der Waals surface area contributed by atoms with Crippen LogP contribution in [0.25, 0.3) is 0 Å². The molecule has 1 aromatic carbocycles. The van der Waals surface area contributed by atoms with Gasteiger partial charge in [0.2, 0.25) is 0 Å². The number of ether oxygens (including phenoxy) is 2. The highest BCUT2D eigenvalue weighted by Gasteiger charge is 2.09. The van der Waals surface area contributed by atoms with Gasteiger partial charge in [-0.25, -0.2) is 0 Å². The van der Waals surface area contributed by atoms with Gasteiger partial charge >= 0.3 is 12.6 Å². The van der Waals surface area contributed by atoms with Gasteiger partial charge in [-0.3, -0.25) is 4.79 Å². The van der Waals surface area contributed by atoms with E-state index in [4.69, 9.17) is 0 Å². The number of benzene rings is 1. The van der Waals surface area contributed by atoms with Crippen LogP contribution in [0.1, 0.15) is 31.4 Å². The molecule has 6 heteroatoms. The summed E-state index contributed by atoms with van der Waals surface area (Å²) in [6.07, 6.45) is 1.01. The van der Waals surface area contributed by atoms with Gasteiger partial charge in [-0.2, -0.15) is 8.78 Å². The van der Waals surface area contributed by atoms with Crippen LogP contribution in [0, 0.1) is 0 Å². The second-order valence-corrected chi connectivity index (χ2v) is 4.31. The summed E-state index contributed by atoms with van der Waals surface area (Å²) < 4.78 is 33.2. The average molecular weight is 287 g/mol. The first-order chi connectivity index (χ1) is 9.52. The van der Waals surface area contributed by atoms with Crippen molar-refractivity contribution in [1.82, 2.24) is 5.32 Å². The SMILES string of the molecule is COC(=O)CCCNC(C)c1cccc(OC(F)F)c1. The maximum Gasteiger partial charge on any atom is 0.387 e. The van der Waals surface area contributed by atoms with Crippen LogP contribution in [-0.4, -0.2) is 26.2 Å². The van der Waals surface area contributed by atoms with Gasteiger partial charge in [0.05, 0.1) is 7.11 Å². The fraction of sp³-hybridized carbons (Fsp3) is 0.500. The van der Waals surface area contributed by atoms with Crippen molar-refractivity contribution in [1.29, 1.82) is 0 Å². The van der Waals surface area contributed by atoms with Crippen LogP contribution in [0.4, 0.5) is 8.78 Å². The lowest BCUT2D eigenvalue weighted by atomic mass is 10.1. The minimum atomic E-state index is -2.83. The predicted octanol–water partition coefficient (Wildman–Crippen LogP) is 2.89. The van der Waals surface area contributed by atoms with Crippen LogP contribution in [-0.2, 0) is 9.53 Å². The summed E-state index contributed by atoms with van der Waals surface area (Å²) in [7, 11) is 1.35. The molecular formula is C14H19F2NO3. The molecule has 0 amide bonds. The molecule has 0 saturated carbocycles. The fourth-order valence-electron chi connectivity index (χ4n) is 1.73. The van der Waals surface area contributed by atoms with Crippen LogP contribution >= 0.6 is 0 Å². The largest absolute Gasteiger partial charge is 0.469 e. The van der Waals surface area contributed by atoms with Crippen molar-refractivity contribution in [2.45, 2.75) is 32.4 Å². The topological polar surface area (TPSA) is 47.6 Å². The van der Waals surface area contributed by atoms with Crippen molar-refractivity contribution < 1.29 is 23.0 Å². The van der Waals surface area contributed by atoms with E-state index in [9.17, 15) is 13.6 Å². The van der Waals surface area contributed by atoms with E-state index in [0.29, 0.717) is 19.4 Å². The standard InChI is InChI=1S/C14H19F2NO3/c1-10(17-8-4-7-13(18)19-2)11-5-3-6-12(9-11)20-14(15)16/h3,5-6,9-10,14,17H,4,7-8H2,1-2H3. The number of carbonyl (C=O) groups is 1. The maximum atomic E-state index is 12.1. The van der Waals surface area contributed by atoms with Gasteiger partial charge in [-0.05, 0) is 37.6 Å². The second kappa shape index (κ2) is 8.47. The number of esters is 1. The van der Waals surface area contributed by atoms with E-state index >= 15 is 0 Å². The first-order valence-corrected chi connectivity index (χ1v) is 6.38. The molecule has 0 aromatic heterocycles. The van der Waals surface area contributed by atoms with E-state index in [1.165, 1.54) is 13.2 Å². The van der Waals surface area contributed by atoms with E-state index < -0.39 is 6.61 Å². The van der Waals surface area contributed by atoms with Crippen molar-refractivity contribution in [3.05, 3.63) is 29.8 Å². The van der Waals surface area contributed by atoms with Crippen molar-refractivity contribution in [2.75, 3.05) is 13.7 Å². The molecule has 0 aliphatic heterocycles. The molecule has 0 heterocycles. The number of alkyl halides is 2. The highest BCUT2D eigenvalue weighted by molar-refractivity contribution is 5.69. The van der Waals surface area contributed by atoms with E-state index in [0.717, 1.165) is 5.56 Å². The lowest BCUT2D eigenvalue weighted by molar-refractivity contribution is -0.140. The molecule has 0 bridgehead atoms. The summed E-state index contributed by atoms with van der Waals surface area (Å²) in [6.45, 7) is -0.274. The van der Waals surface area contributed by atoms with Crippen molar-refractivity contribution in [2.24, 2.45) is 0 Å². The summed E-state index contributed by atoms with van der Waals surface area (Å²) in [5.41, 5.74) is 0.848. The van der Waals surface area contributed by atoms with Crippen molar-refractivity contribution in [3.63, 3.8) is 0 Å². The zero-order chi connectivity index (χ0) is 15.0. The molecule has 20 heavy (non-hydrogen) atoms. The first-order valence-electron chi connectivity index (χ1n) is 6.38. The van der Waals surface area contributed by atoms with Gasteiger partial charge < -0.3 is 14.8 Å². The molecule has 112 valence electrons. The highest BCUT2D eigenvalue weighted by atomic mass is 19.3. The molecular weight excluding hydrogens is 268 g/mol. The number of carbonyl (C=O) groups excluding carboxylic acids is 1. The third-order valence-electron chi connectivity index (χ3n) is 2.82. The maximum absolute atomic E-state index is 12.1. The van der Waals surface area contributed by atoms with E-state index in [2.05, 4.69) is 14.8 Å². The summed E-state index contributed by atoms with van der Waals surface area (Å²) in [6, 6.07) is 6.54. The van der Waals surface area contributed by atoms with E-state index in [1.807, 2.05) is 13.0 Å². The first kappa shape index (κ1) is 16.4. The van der Waals surface area contributed by atoms with Crippen molar-refractivity contribution >= 4 is 5.97 Å². The highest BCUT2D eigenvalue weighted by Crippen LogP contribution is 2.20. The van der Waals surface area contributed by atoms with Crippen LogP contribution in [0.2, 0.25) is 0 Å². The summed E-state index contributed by atoms with van der Waals surface area (Å²) in [4.78, 5) is 10.9. The Balaban J connectivity index is 2.42. The Morgan fingerprint density at radius 3 is 2.80 bits per heavy atom. The molecule has 1 aromatic rings. The van der Waals surface area contributed by atoms with E-state index in [1.54, 1.807) is 12.1 Å². The zero-order valence-electron chi connectivity index (χ0n) is 11.6. The second-order valence-electron chi connectivity index (χ2n) is 4.31. The predicted molar refractivity (Wildman–Crippen MR) is 70.7 cm³/mol. The molecule has 1 rings (SSSR count). The Bertz CT molecular complexity index is 427. The lowest BCUT2D eigenvalue weighted by Crippen LogP contribution is -2.20. The monoisotopic (exact) mass is 287 g/mol. The molecule has 4 nitrogen and oxygen atoms in total. The molecule has 1 N–H and O–H groups in total. The average Bonchev–Trinajstić information content (AvgIpc) is 2.42. The Kier molecular flexibility index (Phi) is 6.93. The fourth-order valence-corrected chi connectivity index (χ4v) is 1.73. The Morgan fingerprint density at radius 2 is 2.15 bits per heavy atom. The van der Waals surface area contributed by atoms with Crippen molar-refractivity contribution in [3.8, 4) is 5.75 Å². The summed E-state index contributed by atoms with van der Waals surface area (Å²) in [5.74, 6) is -0.104. The number of methoxy groups -OCH3 is 1. The number of rotatable bonds is 8. The van der Waals surface area contributed by atoms with Crippen LogP contribution in [0.15, 0.2) is 24.3 Å². The Hall–Kier alpha value is -1.69. The van der Waals surface area contributed by atoms with Crippen LogP contribution in [0.5, 0.6) is 5.75 Å². The van der Waals surface area contributed by atoms with Gasteiger partial charge in [0.15, 0.2) is 0 Å².